The summed E-state index contributed by atoms with van der Waals surface area (Å²) in [5, 5.41) is 2.22. The zero-order valence-corrected chi connectivity index (χ0v) is 26.4. The highest BCUT2D eigenvalue weighted by Crippen LogP contribution is 2.41. The molecule has 0 saturated carbocycles. The van der Waals surface area contributed by atoms with Crippen molar-refractivity contribution in [3.63, 3.8) is 0 Å². The van der Waals surface area contributed by atoms with Crippen molar-refractivity contribution < 1.29 is 4.79 Å². The van der Waals surface area contributed by atoms with Crippen LogP contribution in [0.1, 0.15) is 59.4 Å². The topological polar surface area (TPSA) is 84.2 Å². The molecule has 4 aromatic rings. The number of hydrogen-bond acceptors (Lipinski definition) is 6. The number of rotatable bonds is 12. The normalized spacial score (nSPS) is 17.3. The number of nitrogens with zero attached hydrogens (tertiary/aromatic N) is 5. The van der Waals surface area contributed by atoms with Gasteiger partial charge in [0.1, 0.15) is 11.6 Å². The maximum absolute atomic E-state index is 12.7. The molecule has 5 heterocycles. The summed E-state index contributed by atoms with van der Waals surface area (Å²) in [5.74, 6) is 2.17. The van der Waals surface area contributed by atoms with Gasteiger partial charge >= 0.3 is 0 Å². The molecule has 9 heteroatoms. The predicted molar refractivity (Wildman–Crippen MR) is 172 cm³/mol. The molecule has 228 valence electrons. The van der Waals surface area contributed by atoms with Gasteiger partial charge in [0.25, 0.3) is 0 Å². The molecule has 8 nitrogen and oxygen atoms in total. The number of likely N-dealkylation sites (tertiary alicyclic amines) is 2. The van der Waals surface area contributed by atoms with Crippen molar-refractivity contribution in [1.82, 2.24) is 34.6 Å². The highest BCUT2D eigenvalue weighted by Gasteiger charge is 2.40. The number of imidazole rings is 2. The van der Waals surface area contributed by atoms with E-state index in [1.165, 1.54) is 67.0 Å². The van der Waals surface area contributed by atoms with E-state index in [4.69, 9.17) is 0 Å². The minimum absolute atomic E-state index is 0.0897. The lowest BCUT2D eigenvalue weighted by atomic mass is 9.78. The smallest absolute Gasteiger partial charge is 0.219 e. The number of thiophene rings is 1. The standard InChI is InChI=1S/C34H45N7OS/c1-26-7-18-43-31(26)24-39-15-8-34(9-16-39)10-17-40(25-34)21-28-3-5-29(6-4-28)22-41(27(2)42)23-30(19-32-35-11-12-36-32)20-33-37-13-14-38-33/h3-7,11-14,18,30H,8-10,15-17,19-25H2,1-2H3,(H,35,36)(H,37,38). The van der Waals surface area contributed by atoms with Gasteiger partial charge < -0.3 is 14.9 Å². The van der Waals surface area contributed by atoms with Crippen molar-refractivity contribution in [2.45, 2.75) is 65.6 Å². The third-order valence-corrected chi connectivity index (χ3v) is 10.6. The number of carbonyl (C=O) groups is 1. The van der Waals surface area contributed by atoms with E-state index < -0.39 is 0 Å². The van der Waals surface area contributed by atoms with Crippen LogP contribution in [0.5, 0.6) is 0 Å². The van der Waals surface area contributed by atoms with Crippen LogP contribution in [0.3, 0.4) is 0 Å². The maximum atomic E-state index is 12.7. The molecule has 0 unspecified atom stereocenters. The van der Waals surface area contributed by atoms with E-state index in [0.29, 0.717) is 18.5 Å². The van der Waals surface area contributed by atoms with Crippen molar-refractivity contribution in [2.75, 3.05) is 32.7 Å². The lowest BCUT2D eigenvalue weighted by Gasteiger charge is -2.39. The molecule has 0 aliphatic carbocycles. The van der Waals surface area contributed by atoms with E-state index in [0.717, 1.165) is 37.6 Å². The van der Waals surface area contributed by atoms with Crippen LogP contribution in [0.4, 0.5) is 0 Å². The first kappa shape index (κ1) is 29.8. The fourth-order valence-corrected chi connectivity index (χ4v) is 7.89. The van der Waals surface area contributed by atoms with E-state index >= 15 is 0 Å². The molecule has 1 spiro atoms. The third kappa shape index (κ3) is 7.82. The number of carbonyl (C=O) groups excluding carboxylic acids is 1. The van der Waals surface area contributed by atoms with Crippen LogP contribution in [-0.4, -0.2) is 73.3 Å². The lowest BCUT2D eigenvalue weighted by molar-refractivity contribution is -0.130. The van der Waals surface area contributed by atoms with Gasteiger partial charge in [-0.25, -0.2) is 9.97 Å². The minimum Gasteiger partial charge on any atom is -0.349 e. The Kier molecular flexibility index (Phi) is 9.40. The van der Waals surface area contributed by atoms with E-state index in [9.17, 15) is 4.79 Å². The van der Waals surface area contributed by atoms with Gasteiger partial charge in [-0.05, 0) is 85.3 Å². The monoisotopic (exact) mass is 599 g/mol. The SMILES string of the molecule is CC(=O)N(Cc1ccc(CN2CCC3(CCN(Cc4sccc4C)CC3)C2)cc1)CC(Cc1ncc[nH]1)Cc1ncc[nH]1. The van der Waals surface area contributed by atoms with Crippen molar-refractivity contribution in [1.29, 1.82) is 0 Å². The molecule has 43 heavy (non-hydrogen) atoms. The number of aromatic nitrogens is 4. The fourth-order valence-electron chi connectivity index (χ4n) is 6.94. The first-order valence-corrected chi connectivity index (χ1v) is 16.6. The van der Waals surface area contributed by atoms with E-state index in [1.807, 2.05) is 28.6 Å². The predicted octanol–water partition coefficient (Wildman–Crippen LogP) is 5.44. The summed E-state index contributed by atoms with van der Waals surface area (Å²) in [5.41, 5.74) is 4.45. The van der Waals surface area contributed by atoms with Crippen molar-refractivity contribution >= 4 is 17.2 Å². The van der Waals surface area contributed by atoms with Gasteiger partial charge in [0.05, 0.1) is 0 Å². The third-order valence-electron chi connectivity index (χ3n) is 9.57. The van der Waals surface area contributed by atoms with Crippen molar-refractivity contribution in [3.8, 4) is 0 Å². The number of aryl methyl sites for hydroxylation is 1. The highest BCUT2D eigenvalue weighted by atomic mass is 32.1. The summed E-state index contributed by atoms with van der Waals surface area (Å²) < 4.78 is 0. The number of benzene rings is 1. The van der Waals surface area contributed by atoms with Gasteiger partial charge in [0.2, 0.25) is 5.91 Å². The summed E-state index contributed by atoms with van der Waals surface area (Å²) in [6.07, 6.45) is 12.7. The van der Waals surface area contributed by atoms with Crippen molar-refractivity contribution in [2.24, 2.45) is 11.3 Å². The summed E-state index contributed by atoms with van der Waals surface area (Å²) in [7, 11) is 0. The number of amides is 1. The van der Waals surface area contributed by atoms with Crippen molar-refractivity contribution in [3.05, 3.63) is 93.7 Å². The molecule has 1 aromatic carbocycles. The summed E-state index contributed by atoms with van der Waals surface area (Å²) >= 11 is 1.90. The average Bonchev–Trinajstić information content (AvgIpc) is 3.82. The molecular weight excluding hydrogens is 554 g/mol. The van der Waals surface area contributed by atoms with E-state index in [2.05, 4.69) is 72.4 Å². The zero-order chi connectivity index (χ0) is 29.6. The van der Waals surface area contributed by atoms with Crippen LogP contribution in [0, 0.1) is 18.3 Å². The van der Waals surface area contributed by atoms with Crippen LogP contribution in [0.15, 0.2) is 60.5 Å². The second-order valence-corrected chi connectivity index (χ2v) is 13.8. The Hall–Kier alpha value is -3.27. The first-order valence-electron chi connectivity index (χ1n) is 15.7. The number of hydrogen-bond donors (Lipinski definition) is 2. The largest absolute Gasteiger partial charge is 0.349 e. The number of H-pyrrole nitrogens is 2. The summed E-state index contributed by atoms with van der Waals surface area (Å²) in [6.45, 7) is 12.1. The Morgan fingerprint density at radius 1 is 0.930 bits per heavy atom. The fraction of sp³-hybridized carbons (Fsp3) is 0.500. The van der Waals surface area contributed by atoms with Crippen LogP contribution in [-0.2, 0) is 37.3 Å². The summed E-state index contributed by atoms with van der Waals surface area (Å²) in [4.78, 5) is 36.8. The minimum atomic E-state index is 0.0897. The molecule has 2 N–H and O–H groups in total. The van der Waals surface area contributed by atoms with E-state index in [-0.39, 0.29) is 11.8 Å². The molecule has 0 bridgehead atoms. The quantitative estimate of drug-likeness (QED) is 0.227. The molecule has 0 radical (unpaired) electrons. The second kappa shape index (κ2) is 13.6. The van der Waals surface area contributed by atoms with E-state index in [1.54, 1.807) is 19.3 Å². The number of nitrogens with one attached hydrogen (secondary N) is 2. The molecule has 3 aromatic heterocycles. The molecule has 0 atom stereocenters. The molecule has 2 saturated heterocycles. The van der Waals surface area contributed by atoms with Gasteiger partial charge in [-0.2, -0.15) is 0 Å². The van der Waals surface area contributed by atoms with Crippen LogP contribution in [0.25, 0.3) is 0 Å². The Balaban J connectivity index is 1.00. The van der Waals surface area contributed by atoms with Crippen LogP contribution >= 0.6 is 11.3 Å². The molecule has 1 amide bonds. The molecule has 2 aliphatic heterocycles. The molecule has 2 aliphatic rings. The molecule has 2 fully saturated rings. The Morgan fingerprint density at radius 3 is 2.12 bits per heavy atom. The highest BCUT2D eigenvalue weighted by molar-refractivity contribution is 7.10. The van der Waals surface area contributed by atoms with Gasteiger partial charge in [0, 0.05) is 82.2 Å². The zero-order valence-electron chi connectivity index (χ0n) is 25.6. The van der Waals surface area contributed by atoms with Gasteiger partial charge in [-0.15, -0.1) is 11.3 Å². The average molecular weight is 600 g/mol. The molecule has 6 rings (SSSR count). The van der Waals surface area contributed by atoms with Gasteiger partial charge in [0.15, 0.2) is 0 Å². The van der Waals surface area contributed by atoms with Crippen LogP contribution in [0.2, 0.25) is 0 Å². The Morgan fingerprint density at radius 2 is 1.56 bits per heavy atom. The molecular formula is C34H45N7OS. The maximum Gasteiger partial charge on any atom is 0.219 e. The second-order valence-electron chi connectivity index (χ2n) is 12.8. The Labute approximate surface area is 259 Å². The van der Waals surface area contributed by atoms with Gasteiger partial charge in [-0.1, -0.05) is 24.3 Å². The Bertz CT molecular complexity index is 1390. The van der Waals surface area contributed by atoms with Gasteiger partial charge in [-0.3, -0.25) is 14.6 Å². The van der Waals surface area contributed by atoms with Crippen LogP contribution < -0.4 is 0 Å². The number of piperidine rings is 1. The summed E-state index contributed by atoms with van der Waals surface area (Å²) in [6, 6.07) is 11.2. The lowest BCUT2D eigenvalue weighted by Crippen LogP contribution is -2.41. The number of aromatic amines is 2. The first-order chi connectivity index (χ1) is 20.9.